The molecule has 1 N–H and O–H groups in total. The first-order valence-electron chi connectivity index (χ1n) is 6.72. The fourth-order valence-electron chi connectivity index (χ4n) is 2.06. The summed E-state index contributed by atoms with van der Waals surface area (Å²) in [5, 5.41) is 3.49. The van der Waals surface area contributed by atoms with Crippen molar-refractivity contribution < 1.29 is 4.74 Å². The number of hydrogen-bond acceptors (Lipinski definition) is 2. The maximum absolute atomic E-state index is 5.64. The lowest BCUT2D eigenvalue weighted by Crippen LogP contribution is -2.04. The predicted molar refractivity (Wildman–Crippen MR) is 80.9 cm³/mol. The van der Waals surface area contributed by atoms with Crippen molar-refractivity contribution in [3.63, 3.8) is 0 Å². The molecule has 0 fully saturated rings. The molecule has 2 aromatic rings. The first-order chi connectivity index (χ1) is 9.20. The highest BCUT2D eigenvalue weighted by Crippen LogP contribution is 2.21. The van der Waals surface area contributed by atoms with Gasteiger partial charge in [0.1, 0.15) is 5.75 Å². The average molecular weight is 255 g/mol. The van der Waals surface area contributed by atoms with E-state index in [1.54, 1.807) is 0 Å². The van der Waals surface area contributed by atoms with Crippen molar-refractivity contribution in [1.82, 2.24) is 0 Å². The van der Waals surface area contributed by atoms with Crippen LogP contribution in [0.5, 0.6) is 5.75 Å². The second-order valence-electron chi connectivity index (χ2n) is 4.71. The fourth-order valence-corrected chi connectivity index (χ4v) is 2.06. The van der Waals surface area contributed by atoms with Crippen LogP contribution >= 0.6 is 0 Å². The molecule has 100 valence electrons. The minimum Gasteiger partial charge on any atom is -0.494 e. The summed E-state index contributed by atoms with van der Waals surface area (Å²) in [5.41, 5.74) is 4.90. The molecule has 0 atom stereocenters. The Morgan fingerprint density at radius 3 is 2.63 bits per heavy atom. The van der Waals surface area contributed by atoms with Gasteiger partial charge in [-0.15, -0.1) is 0 Å². The van der Waals surface area contributed by atoms with Crippen LogP contribution < -0.4 is 10.1 Å². The summed E-state index contributed by atoms with van der Waals surface area (Å²) in [4.78, 5) is 0. The molecule has 0 bridgehead atoms. The Hall–Kier alpha value is -1.96. The third kappa shape index (κ3) is 3.50. The summed E-state index contributed by atoms with van der Waals surface area (Å²) in [6, 6.07) is 14.6. The number of ether oxygens (including phenoxy) is 1. The minimum absolute atomic E-state index is 0.695. The molecule has 0 saturated heterocycles. The maximum Gasteiger partial charge on any atom is 0.124 e. The van der Waals surface area contributed by atoms with Crippen LogP contribution in [0.4, 0.5) is 5.69 Å². The van der Waals surface area contributed by atoms with Crippen LogP contribution in [0, 0.1) is 13.8 Å². The molecular weight excluding hydrogens is 234 g/mol. The van der Waals surface area contributed by atoms with Crippen molar-refractivity contribution in [1.29, 1.82) is 0 Å². The van der Waals surface area contributed by atoms with Gasteiger partial charge in [-0.05, 0) is 44.0 Å². The number of hydrogen-bond donors (Lipinski definition) is 1. The van der Waals surface area contributed by atoms with E-state index < -0.39 is 0 Å². The summed E-state index contributed by atoms with van der Waals surface area (Å²) in [5.74, 6) is 0.961. The van der Waals surface area contributed by atoms with Crippen molar-refractivity contribution in [3.8, 4) is 5.75 Å². The van der Waals surface area contributed by atoms with Crippen molar-refractivity contribution in [2.24, 2.45) is 0 Å². The average Bonchev–Trinajstić information content (AvgIpc) is 2.42. The minimum atomic E-state index is 0.695. The van der Waals surface area contributed by atoms with E-state index in [4.69, 9.17) is 4.74 Å². The molecule has 2 rings (SSSR count). The van der Waals surface area contributed by atoms with Crippen LogP contribution in [-0.4, -0.2) is 6.61 Å². The molecule has 0 amide bonds. The second kappa shape index (κ2) is 6.28. The standard InChI is InChI=1S/C17H21NO/c1-4-19-17-8-6-5-7-15(17)12-18-16-11-13(2)9-10-14(16)3/h5-11,18H,4,12H2,1-3H3. The SMILES string of the molecule is CCOc1ccccc1CNc1cc(C)ccc1C. The highest BCUT2D eigenvalue weighted by atomic mass is 16.5. The van der Waals surface area contributed by atoms with E-state index in [0.717, 1.165) is 12.3 Å². The second-order valence-corrected chi connectivity index (χ2v) is 4.71. The fraction of sp³-hybridized carbons (Fsp3) is 0.294. The Kier molecular flexibility index (Phi) is 4.45. The Morgan fingerprint density at radius 1 is 1.05 bits per heavy atom. The molecule has 0 aromatic heterocycles. The van der Waals surface area contributed by atoms with Gasteiger partial charge in [-0.25, -0.2) is 0 Å². The Labute approximate surface area is 115 Å². The normalized spacial score (nSPS) is 10.3. The largest absolute Gasteiger partial charge is 0.494 e. The van der Waals surface area contributed by atoms with E-state index in [-0.39, 0.29) is 0 Å². The van der Waals surface area contributed by atoms with E-state index in [0.29, 0.717) is 6.61 Å². The van der Waals surface area contributed by atoms with Gasteiger partial charge in [0.25, 0.3) is 0 Å². The van der Waals surface area contributed by atoms with E-state index in [1.165, 1.54) is 22.4 Å². The Morgan fingerprint density at radius 2 is 1.84 bits per heavy atom. The lowest BCUT2D eigenvalue weighted by atomic mass is 10.1. The quantitative estimate of drug-likeness (QED) is 0.859. The molecule has 19 heavy (non-hydrogen) atoms. The first kappa shape index (κ1) is 13.5. The topological polar surface area (TPSA) is 21.3 Å². The molecule has 2 heteroatoms. The van der Waals surface area contributed by atoms with Gasteiger partial charge >= 0.3 is 0 Å². The third-order valence-corrected chi connectivity index (χ3v) is 3.13. The van der Waals surface area contributed by atoms with Crippen LogP contribution in [0.3, 0.4) is 0 Å². The lowest BCUT2D eigenvalue weighted by Gasteiger charge is -2.13. The zero-order chi connectivity index (χ0) is 13.7. The van der Waals surface area contributed by atoms with Gasteiger partial charge in [-0.2, -0.15) is 0 Å². The highest BCUT2D eigenvalue weighted by molar-refractivity contribution is 5.53. The van der Waals surface area contributed by atoms with Gasteiger partial charge in [0.15, 0.2) is 0 Å². The van der Waals surface area contributed by atoms with Crippen molar-refractivity contribution in [3.05, 3.63) is 59.2 Å². The zero-order valence-electron chi connectivity index (χ0n) is 11.9. The van der Waals surface area contributed by atoms with Gasteiger partial charge in [-0.3, -0.25) is 0 Å². The predicted octanol–water partition coefficient (Wildman–Crippen LogP) is 4.31. The van der Waals surface area contributed by atoms with Crippen LogP contribution in [0.1, 0.15) is 23.6 Å². The molecule has 2 aromatic carbocycles. The Bertz CT molecular complexity index is 549. The molecule has 0 saturated carbocycles. The molecule has 2 nitrogen and oxygen atoms in total. The van der Waals surface area contributed by atoms with E-state index in [9.17, 15) is 0 Å². The monoisotopic (exact) mass is 255 g/mol. The number of rotatable bonds is 5. The summed E-state index contributed by atoms with van der Waals surface area (Å²) in [6.07, 6.45) is 0. The zero-order valence-corrected chi connectivity index (χ0v) is 11.9. The smallest absolute Gasteiger partial charge is 0.124 e. The van der Waals surface area contributed by atoms with Gasteiger partial charge in [0.05, 0.1) is 6.61 Å². The van der Waals surface area contributed by atoms with Gasteiger partial charge in [0.2, 0.25) is 0 Å². The maximum atomic E-state index is 5.64. The Balaban J connectivity index is 2.12. The molecule has 0 heterocycles. The van der Waals surface area contributed by atoms with Gasteiger partial charge in [-0.1, -0.05) is 30.3 Å². The number of benzene rings is 2. The number of aryl methyl sites for hydroxylation is 2. The van der Waals surface area contributed by atoms with Crippen molar-refractivity contribution in [2.75, 3.05) is 11.9 Å². The van der Waals surface area contributed by atoms with E-state index >= 15 is 0 Å². The van der Waals surface area contributed by atoms with E-state index in [1.807, 2.05) is 25.1 Å². The molecule has 0 aliphatic carbocycles. The summed E-state index contributed by atoms with van der Waals surface area (Å²) in [6.45, 7) is 7.71. The van der Waals surface area contributed by atoms with Crippen LogP contribution in [0.25, 0.3) is 0 Å². The highest BCUT2D eigenvalue weighted by Gasteiger charge is 2.03. The molecule has 0 aliphatic rings. The molecule has 0 unspecified atom stereocenters. The molecule has 0 spiro atoms. The summed E-state index contributed by atoms with van der Waals surface area (Å²) >= 11 is 0. The molecule has 0 aliphatic heterocycles. The lowest BCUT2D eigenvalue weighted by molar-refractivity contribution is 0.337. The van der Waals surface area contributed by atoms with E-state index in [2.05, 4.69) is 43.4 Å². The summed E-state index contributed by atoms with van der Waals surface area (Å²) < 4.78 is 5.64. The third-order valence-electron chi connectivity index (χ3n) is 3.13. The number of anilines is 1. The van der Waals surface area contributed by atoms with Crippen molar-refractivity contribution in [2.45, 2.75) is 27.3 Å². The molecular formula is C17H21NO. The van der Waals surface area contributed by atoms with Crippen LogP contribution in [0.2, 0.25) is 0 Å². The van der Waals surface area contributed by atoms with Crippen molar-refractivity contribution >= 4 is 5.69 Å². The number of para-hydroxylation sites is 1. The molecule has 0 radical (unpaired) electrons. The first-order valence-corrected chi connectivity index (χ1v) is 6.72. The van der Waals surface area contributed by atoms with Crippen LogP contribution in [0.15, 0.2) is 42.5 Å². The summed E-state index contributed by atoms with van der Waals surface area (Å²) in [7, 11) is 0. The van der Waals surface area contributed by atoms with Crippen LogP contribution in [-0.2, 0) is 6.54 Å². The van der Waals surface area contributed by atoms with Gasteiger partial charge < -0.3 is 10.1 Å². The van der Waals surface area contributed by atoms with Gasteiger partial charge in [0, 0.05) is 17.8 Å². The number of nitrogens with one attached hydrogen (secondary N) is 1.